The van der Waals surface area contributed by atoms with Gasteiger partial charge in [-0.05, 0) is 24.6 Å². The van der Waals surface area contributed by atoms with Gasteiger partial charge in [-0.25, -0.2) is 4.98 Å². The van der Waals surface area contributed by atoms with Crippen molar-refractivity contribution in [3.8, 4) is 0 Å². The first-order valence-electron chi connectivity index (χ1n) is 6.94. The molecule has 3 rings (SSSR count). The maximum Gasteiger partial charge on any atom is 0.229 e. The van der Waals surface area contributed by atoms with Gasteiger partial charge in [0.2, 0.25) is 5.95 Å². The molecule has 0 aromatic carbocycles. The largest absolute Gasteiger partial charge is 0.366 e. The maximum atomic E-state index is 4.43. The number of anilines is 3. The molecule has 0 radical (unpaired) electrons. The molecule has 0 fully saturated rings. The Morgan fingerprint density at radius 3 is 2.86 bits per heavy atom. The van der Waals surface area contributed by atoms with E-state index in [4.69, 9.17) is 0 Å². The first kappa shape index (κ1) is 14.0. The Kier molecular flexibility index (Phi) is 3.95. The zero-order valence-electron chi connectivity index (χ0n) is 12.5. The smallest absolute Gasteiger partial charge is 0.229 e. The molecule has 0 aliphatic rings. The number of pyridine rings is 1. The molecule has 2 N–H and O–H groups in total. The molecule has 0 aliphatic carbocycles. The van der Waals surface area contributed by atoms with Crippen LogP contribution in [0.5, 0.6) is 0 Å². The van der Waals surface area contributed by atoms with E-state index in [1.807, 2.05) is 38.4 Å². The second-order valence-electron chi connectivity index (χ2n) is 4.89. The Labute approximate surface area is 128 Å². The van der Waals surface area contributed by atoms with Crippen LogP contribution in [0.1, 0.15) is 11.3 Å². The van der Waals surface area contributed by atoms with E-state index in [-0.39, 0.29) is 0 Å². The Morgan fingerprint density at radius 2 is 2.09 bits per heavy atom. The molecule has 0 saturated carbocycles. The molecular formula is C15H17N7. The molecule has 0 aliphatic heterocycles. The first-order chi connectivity index (χ1) is 10.7. The summed E-state index contributed by atoms with van der Waals surface area (Å²) in [6.45, 7) is 2.66. The van der Waals surface area contributed by atoms with Gasteiger partial charge in [0.25, 0.3) is 0 Å². The minimum absolute atomic E-state index is 0.529. The quantitative estimate of drug-likeness (QED) is 0.751. The summed E-state index contributed by atoms with van der Waals surface area (Å²) in [5, 5.41) is 10.5. The predicted molar refractivity (Wildman–Crippen MR) is 84.8 cm³/mol. The van der Waals surface area contributed by atoms with E-state index in [1.54, 1.807) is 23.3 Å². The van der Waals surface area contributed by atoms with Crippen molar-refractivity contribution in [3.63, 3.8) is 0 Å². The van der Waals surface area contributed by atoms with E-state index in [9.17, 15) is 0 Å². The molecule has 3 heterocycles. The predicted octanol–water partition coefficient (Wildman–Crippen LogP) is 2.27. The third-order valence-electron chi connectivity index (χ3n) is 3.19. The number of nitrogens with zero attached hydrogens (tertiary/aromatic N) is 5. The van der Waals surface area contributed by atoms with Gasteiger partial charge in [0.05, 0.1) is 11.9 Å². The standard InChI is InChI=1S/C15H17N7/c1-11-12(4-3-6-16-11)8-18-14-5-7-17-15(21-14)20-13-9-19-22(2)10-13/h3-7,9-10H,8H2,1-2H3,(H2,17,18,20,21). The monoisotopic (exact) mass is 295 g/mol. The summed E-state index contributed by atoms with van der Waals surface area (Å²) in [6.07, 6.45) is 7.09. The lowest BCUT2D eigenvalue weighted by Gasteiger charge is -2.08. The lowest BCUT2D eigenvalue weighted by atomic mass is 10.2. The van der Waals surface area contributed by atoms with E-state index < -0.39 is 0 Å². The van der Waals surface area contributed by atoms with E-state index in [2.05, 4.69) is 30.7 Å². The molecule has 22 heavy (non-hydrogen) atoms. The lowest BCUT2D eigenvalue weighted by Crippen LogP contribution is -2.05. The molecule has 7 heteroatoms. The van der Waals surface area contributed by atoms with Crippen molar-refractivity contribution in [2.24, 2.45) is 7.05 Å². The van der Waals surface area contributed by atoms with Crippen LogP contribution in [-0.4, -0.2) is 24.7 Å². The van der Waals surface area contributed by atoms with Gasteiger partial charge in [0.1, 0.15) is 5.82 Å². The first-order valence-corrected chi connectivity index (χ1v) is 6.94. The highest BCUT2D eigenvalue weighted by molar-refractivity contribution is 5.52. The summed E-state index contributed by atoms with van der Waals surface area (Å²) in [5.41, 5.74) is 3.00. The number of rotatable bonds is 5. The summed E-state index contributed by atoms with van der Waals surface area (Å²) in [7, 11) is 1.86. The van der Waals surface area contributed by atoms with Crippen molar-refractivity contribution < 1.29 is 0 Å². The third-order valence-corrected chi connectivity index (χ3v) is 3.19. The van der Waals surface area contributed by atoms with Crippen LogP contribution in [0.2, 0.25) is 0 Å². The van der Waals surface area contributed by atoms with Gasteiger partial charge in [-0.2, -0.15) is 10.1 Å². The van der Waals surface area contributed by atoms with Crippen LogP contribution in [-0.2, 0) is 13.6 Å². The summed E-state index contributed by atoms with van der Waals surface area (Å²) >= 11 is 0. The summed E-state index contributed by atoms with van der Waals surface area (Å²) in [6, 6.07) is 5.81. The summed E-state index contributed by atoms with van der Waals surface area (Å²) in [4.78, 5) is 12.9. The SMILES string of the molecule is Cc1ncccc1CNc1ccnc(Nc2cnn(C)c2)n1. The van der Waals surface area contributed by atoms with E-state index >= 15 is 0 Å². The molecule has 0 unspecified atom stereocenters. The Morgan fingerprint density at radius 1 is 1.18 bits per heavy atom. The topological polar surface area (TPSA) is 80.5 Å². The lowest BCUT2D eigenvalue weighted by molar-refractivity contribution is 0.768. The van der Waals surface area contributed by atoms with Gasteiger partial charge >= 0.3 is 0 Å². The van der Waals surface area contributed by atoms with Crippen LogP contribution < -0.4 is 10.6 Å². The van der Waals surface area contributed by atoms with Gasteiger partial charge < -0.3 is 10.6 Å². The minimum Gasteiger partial charge on any atom is -0.366 e. The molecule has 3 aromatic heterocycles. The number of hydrogen-bond acceptors (Lipinski definition) is 6. The van der Waals surface area contributed by atoms with E-state index in [0.717, 1.165) is 22.8 Å². The highest BCUT2D eigenvalue weighted by Gasteiger charge is 2.03. The van der Waals surface area contributed by atoms with Gasteiger partial charge in [-0.15, -0.1) is 0 Å². The third kappa shape index (κ3) is 3.38. The summed E-state index contributed by atoms with van der Waals surface area (Å²) in [5.74, 6) is 1.28. The number of aromatic nitrogens is 5. The molecule has 0 atom stereocenters. The minimum atomic E-state index is 0.529. The van der Waals surface area contributed by atoms with Crippen molar-refractivity contribution in [2.75, 3.05) is 10.6 Å². The highest BCUT2D eigenvalue weighted by atomic mass is 15.3. The van der Waals surface area contributed by atoms with Gasteiger partial charge in [-0.3, -0.25) is 9.67 Å². The fourth-order valence-electron chi connectivity index (χ4n) is 2.02. The second-order valence-corrected chi connectivity index (χ2v) is 4.89. The number of hydrogen-bond donors (Lipinski definition) is 2. The second kappa shape index (κ2) is 6.21. The zero-order chi connectivity index (χ0) is 15.4. The molecule has 0 saturated heterocycles. The van der Waals surface area contributed by atoms with Crippen LogP contribution in [0.25, 0.3) is 0 Å². The molecule has 0 bridgehead atoms. The average Bonchev–Trinajstić information content (AvgIpc) is 2.92. The number of nitrogens with one attached hydrogen (secondary N) is 2. The van der Waals surface area contributed by atoms with Crippen LogP contribution in [0, 0.1) is 6.92 Å². The van der Waals surface area contributed by atoms with Crippen LogP contribution in [0.15, 0.2) is 43.0 Å². The van der Waals surface area contributed by atoms with Crippen LogP contribution in [0.3, 0.4) is 0 Å². The van der Waals surface area contributed by atoms with Crippen molar-refractivity contribution in [3.05, 3.63) is 54.2 Å². The Balaban J connectivity index is 1.67. The van der Waals surface area contributed by atoms with Crippen molar-refractivity contribution in [2.45, 2.75) is 13.5 Å². The van der Waals surface area contributed by atoms with Crippen LogP contribution >= 0.6 is 0 Å². The average molecular weight is 295 g/mol. The molecular weight excluding hydrogens is 278 g/mol. The van der Waals surface area contributed by atoms with Gasteiger partial charge in [0, 0.05) is 37.9 Å². The fraction of sp³-hybridized carbons (Fsp3) is 0.200. The molecule has 3 aromatic rings. The van der Waals surface area contributed by atoms with Gasteiger partial charge in [-0.1, -0.05) is 6.07 Å². The molecule has 0 spiro atoms. The van der Waals surface area contributed by atoms with Crippen molar-refractivity contribution in [1.29, 1.82) is 0 Å². The molecule has 0 amide bonds. The van der Waals surface area contributed by atoms with Gasteiger partial charge in [0.15, 0.2) is 0 Å². The maximum absolute atomic E-state index is 4.43. The Bertz CT molecular complexity index is 766. The zero-order valence-corrected chi connectivity index (χ0v) is 12.5. The van der Waals surface area contributed by atoms with Crippen molar-refractivity contribution >= 4 is 17.5 Å². The normalized spacial score (nSPS) is 10.5. The molecule has 7 nitrogen and oxygen atoms in total. The Hall–Kier alpha value is -2.96. The van der Waals surface area contributed by atoms with E-state index in [1.165, 1.54) is 0 Å². The fourth-order valence-corrected chi connectivity index (χ4v) is 2.02. The van der Waals surface area contributed by atoms with Crippen LogP contribution in [0.4, 0.5) is 17.5 Å². The van der Waals surface area contributed by atoms with E-state index in [0.29, 0.717) is 12.5 Å². The highest BCUT2D eigenvalue weighted by Crippen LogP contribution is 2.14. The molecule has 112 valence electrons. The summed E-state index contributed by atoms with van der Waals surface area (Å²) < 4.78 is 1.72. The number of aryl methyl sites for hydroxylation is 2. The van der Waals surface area contributed by atoms with Crippen molar-refractivity contribution in [1.82, 2.24) is 24.7 Å².